The molecule has 0 atom stereocenters. The number of halogens is 1. The molecule has 0 radical (unpaired) electrons. The van der Waals surface area contributed by atoms with Crippen LogP contribution in [0.4, 0.5) is 10.2 Å². The number of nitrogens with one attached hydrogen (secondary N) is 1. The third-order valence-electron chi connectivity index (χ3n) is 5.81. The van der Waals surface area contributed by atoms with Gasteiger partial charge in [0.1, 0.15) is 11.6 Å². The fraction of sp³-hybridized carbons (Fsp3) is 0.320. The van der Waals surface area contributed by atoms with E-state index in [2.05, 4.69) is 27.4 Å². The van der Waals surface area contributed by atoms with E-state index in [0.29, 0.717) is 29.6 Å². The molecule has 1 fully saturated rings. The normalized spacial score (nSPS) is 14.5. The summed E-state index contributed by atoms with van der Waals surface area (Å²) in [6, 6.07) is 17.1. The number of anilines is 1. The van der Waals surface area contributed by atoms with E-state index in [1.165, 1.54) is 11.6 Å². The molecule has 1 aliphatic rings. The molecular formula is C25H27FN6OS. The fourth-order valence-corrected chi connectivity index (χ4v) is 4.74. The van der Waals surface area contributed by atoms with E-state index in [0.717, 1.165) is 49.6 Å². The van der Waals surface area contributed by atoms with Gasteiger partial charge in [0.15, 0.2) is 10.8 Å². The predicted octanol–water partition coefficient (Wildman–Crippen LogP) is 4.20. The smallest absolute Gasteiger partial charge is 0.192 e. The van der Waals surface area contributed by atoms with Gasteiger partial charge in [-0.2, -0.15) is 5.10 Å². The molecule has 0 saturated carbocycles. The first-order valence-corrected chi connectivity index (χ1v) is 12.4. The van der Waals surface area contributed by atoms with Crippen molar-refractivity contribution in [2.75, 3.05) is 37.5 Å². The molecule has 9 heteroatoms. The summed E-state index contributed by atoms with van der Waals surface area (Å²) >= 11 is 1.60. The van der Waals surface area contributed by atoms with Crippen LogP contribution in [0.3, 0.4) is 0 Å². The lowest BCUT2D eigenvalue weighted by molar-refractivity contribution is 0.0473. The largest absolute Gasteiger partial charge is 0.379 e. The summed E-state index contributed by atoms with van der Waals surface area (Å²) < 4.78 is 21.5. The summed E-state index contributed by atoms with van der Waals surface area (Å²) in [6.07, 6.45) is 2.65. The zero-order valence-electron chi connectivity index (χ0n) is 18.9. The number of aromatic nitrogens is 4. The summed E-state index contributed by atoms with van der Waals surface area (Å²) in [6.45, 7) is 4.36. The molecule has 1 saturated heterocycles. The van der Waals surface area contributed by atoms with Crippen LogP contribution in [0.15, 0.2) is 66.0 Å². The van der Waals surface area contributed by atoms with Crippen LogP contribution >= 0.6 is 11.8 Å². The number of hydrogen-bond acceptors (Lipinski definition) is 7. The summed E-state index contributed by atoms with van der Waals surface area (Å²) in [5.41, 5.74) is 2.62. The second kappa shape index (κ2) is 10.9. The van der Waals surface area contributed by atoms with E-state index in [9.17, 15) is 4.39 Å². The number of rotatable bonds is 9. The molecule has 1 aliphatic heterocycles. The van der Waals surface area contributed by atoms with Crippen molar-refractivity contribution in [3.63, 3.8) is 0 Å². The monoisotopic (exact) mass is 478 g/mol. The van der Waals surface area contributed by atoms with Gasteiger partial charge in [-0.3, -0.25) is 4.90 Å². The lowest BCUT2D eigenvalue weighted by Gasteiger charge is -2.25. The molecule has 176 valence electrons. The maximum absolute atomic E-state index is 14.2. The maximum atomic E-state index is 14.2. The van der Waals surface area contributed by atoms with Gasteiger partial charge in [0.2, 0.25) is 0 Å². The number of benzene rings is 2. The molecule has 5 rings (SSSR count). The van der Waals surface area contributed by atoms with Crippen LogP contribution in [0, 0.1) is 5.82 Å². The van der Waals surface area contributed by atoms with Gasteiger partial charge in [0, 0.05) is 31.7 Å². The molecule has 0 spiro atoms. The van der Waals surface area contributed by atoms with Crippen molar-refractivity contribution in [1.82, 2.24) is 24.6 Å². The molecule has 2 aromatic heterocycles. The average Bonchev–Trinajstić information content (AvgIpc) is 3.30. The molecule has 0 unspecified atom stereocenters. The Bertz CT molecular complexity index is 1230. The number of fused-ring (bicyclic) bond motifs is 1. The molecule has 0 aliphatic carbocycles. The molecule has 4 aromatic rings. The van der Waals surface area contributed by atoms with E-state index in [1.807, 2.05) is 28.9 Å². The third-order valence-corrected chi connectivity index (χ3v) is 6.75. The van der Waals surface area contributed by atoms with Gasteiger partial charge in [-0.05, 0) is 18.1 Å². The van der Waals surface area contributed by atoms with Crippen LogP contribution < -0.4 is 5.32 Å². The van der Waals surface area contributed by atoms with Crippen molar-refractivity contribution in [2.45, 2.75) is 24.7 Å². The molecule has 0 bridgehead atoms. The minimum Gasteiger partial charge on any atom is -0.379 e. The second-order valence-corrected chi connectivity index (χ2v) is 9.06. The van der Waals surface area contributed by atoms with Gasteiger partial charge in [0.05, 0.1) is 30.7 Å². The number of nitrogens with zero attached hydrogens (tertiary/aromatic N) is 5. The first-order valence-electron chi connectivity index (χ1n) is 11.4. The Morgan fingerprint density at radius 3 is 2.62 bits per heavy atom. The van der Waals surface area contributed by atoms with Crippen LogP contribution in [0.1, 0.15) is 11.1 Å². The summed E-state index contributed by atoms with van der Waals surface area (Å²) in [5.74, 6) is 1.23. The summed E-state index contributed by atoms with van der Waals surface area (Å²) in [5, 5.41) is 9.43. The van der Waals surface area contributed by atoms with Gasteiger partial charge in [0.25, 0.3) is 0 Å². The van der Waals surface area contributed by atoms with Gasteiger partial charge in [-0.15, -0.1) is 0 Å². The Morgan fingerprint density at radius 2 is 1.79 bits per heavy atom. The topological polar surface area (TPSA) is 68.1 Å². The van der Waals surface area contributed by atoms with Crippen LogP contribution in [0.25, 0.3) is 11.0 Å². The standard InChI is InChI=1S/C25H27FN6OS/c26-22-9-5-4-8-20(22)16-27-23-21-17-28-32(11-10-19-6-2-1-3-7-19)24(21)30-25(29-23)34-18-31-12-14-33-15-13-31/h1-9,17H,10-16,18H2,(H,27,29,30). The number of ether oxygens (including phenoxy) is 1. The van der Waals surface area contributed by atoms with E-state index < -0.39 is 0 Å². The second-order valence-electron chi connectivity index (χ2n) is 8.14. The Hall–Kier alpha value is -3.01. The first-order chi connectivity index (χ1) is 16.8. The highest BCUT2D eigenvalue weighted by Crippen LogP contribution is 2.26. The molecule has 34 heavy (non-hydrogen) atoms. The molecule has 0 amide bonds. The summed E-state index contributed by atoms with van der Waals surface area (Å²) in [7, 11) is 0. The Morgan fingerprint density at radius 1 is 1.00 bits per heavy atom. The van der Waals surface area contributed by atoms with Gasteiger partial charge in [-0.1, -0.05) is 60.3 Å². The predicted molar refractivity (Wildman–Crippen MR) is 132 cm³/mol. The van der Waals surface area contributed by atoms with Crippen molar-refractivity contribution in [3.05, 3.63) is 77.7 Å². The minimum atomic E-state index is -0.235. The van der Waals surface area contributed by atoms with Crippen molar-refractivity contribution < 1.29 is 9.13 Å². The number of aryl methyl sites for hydroxylation is 2. The Labute approximate surface area is 202 Å². The highest BCUT2D eigenvalue weighted by atomic mass is 32.2. The number of hydrogen-bond donors (Lipinski definition) is 1. The minimum absolute atomic E-state index is 0.235. The van der Waals surface area contributed by atoms with Gasteiger partial charge in [-0.25, -0.2) is 19.0 Å². The van der Waals surface area contributed by atoms with Crippen LogP contribution in [-0.2, 0) is 24.2 Å². The maximum Gasteiger partial charge on any atom is 0.192 e. The molecule has 3 heterocycles. The van der Waals surface area contributed by atoms with Crippen molar-refractivity contribution in [2.24, 2.45) is 0 Å². The summed E-state index contributed by atoms with van der Waals surface area (Å²) in [4.78, 5) is 11.9. The van der Waals surface area contributed by atoms with Crippen LogP contribution in [0.5, 0.6) is 0 Å². The lowest BCUT2D eigenvalue weighted by atomic mass is 10.1. The van der Waals surface area contributed by atoms with Crippen molar-refractivity contribution in [3.8, 4) is 0 Å². The van der Waals surface area contributed by atoms with E-state index in [1.54, 1.807) is 30.1 Å². The van der Waals surface area contributed by atoms with Gasteiger partial charge < -0.3 is 10.1 Å². The van der Waals surface area contributed by atoms with Crippen molar-refractivity contribution >= 4 is 28.6 Å². The van der Waals surface area contributed by atoms with Crippen LogP contribution in [0.2, 0.25) is 0 Å². The van der Waals surface area contributed by atoms with E-state index in [-0.39, 0.29) is 5.82 Å². The average molecular weight is 479 g/mol. The lowest BCUT2D eigenvalue weighted by Crippen LogP contribution is -2.35. The highest BCUT2D eigenvalue weighted by Gasteiger charge is 2.16. The zero-order chi connectivity index (χ0) is 23.2. The fourth-order valence-electron chi connectivity index (χ4n) is 3.88. The number of morpholine rings is 1. The first kappa shape index (κ1) is 22.8. The highest BCUT2D eigenvalue weighted by molar-refractivity contribution is 7.99. The van der Waals surface area contributed by atoms with Crippen LogP contribution in [-0.4, -0.2) is 56.8 Å². The van der Waals surface area contributed by atoms with E-state index in [4.69, 9.17) is 14.7 Å². The molecular weight excluding hydrogens is 451 g/mol. The van der Waals surface area contributed by atoms with E-state index >= 15 is 0 Å². The molecule has 2 aromatic carbocycles. The zero-order valence-corrected chi connectivity index (χ0v) is 19.7. The Balaban J connectivity index is 1.39. The third kappa shape index (κ3) is 5.55. The molecule has 1 N–H and O–H groups in total. The number of thioether (sulfide) groups is 1. The van der Waals surface area contributed by atoms with Crippen molar-refractivity contribution in [1.29, 1.82) is 0 Å². The SMILES string of the molecule is Fc1ccccc1CNc1nc(SCN2CCOCC2)nc2c1cnn2CCc1ccccc1. The van der Waals surface area contributed by atoms with Gasteiger partial charge >= 0.3 is 0 Å². The quantitative estimate of drug-likeness (QED) is 0.286. The molecule has 7 nitrogen and oxygen atoms in total. The Kier molecular flexibility index (Phi) is 7.33.